The first-order valence-corrected chi connectivity index (χ1v) is 9.31. The predicted octanol–water partition coefficient (Wildman–Crippen LogP) is 5.77. The third-order valence-corrected chi connectivity index (χ3v) is 4.16. The third-order valence-electron chi connectivity index (χ3n) is 4.16. The van der Waals surface area contributed by atoms with Crippen LogP contribution >= 0.6 is 0 Å². The van der Waals surface area contributed by atoms with Crippen molar-refractivity contribution in [2.45, 2.75) is 40.5 Å². The monoisotopic (exact) mass is 355 g/mol. The number of allylic oxidation sites excluding steroid dienone is 7. The zero-order valence-electron chi connectivity index (χ0n) is 17.2. The fraction of sp³-hybridized carbons (Fsp3) is 0.417. The van der Waals surface area contributed by atoms with E-state index in [1.54, 1.807) is 0 Å². The highest BCUT2D eigenvalue weighted by Gasteiger charge is 2.09. The molecule has 0 aliphatic heterocycles. The van der Waals surface area contributed by atoms with Crippen LogP contribution in [0.3, 0.4) is 0 Å². The lowest BCUT2D eigenvalue weighted by molar-refractivity contribution is 0.260. The Balaban J connectivity index is 5.19. The van der Waals surface area contributed by atoms with Gasteiger partial charge in [-0.1, -0.05) is 72.9 Å². The molecule has 0 aliphatic carbocycles. The van der Waals surface area contributed by atoms with E-state index in [4.69, 9.17) is 5.11 Å². The van der Waals surface area contributed by atoms with E-state index >= 15 is 0 Å². The van der Waals surface area contributed by atoms with Gasteiger partial charge in [0.15, 0.2) is 0 Å². The molecule has 0 aliphatic rings. The summed E-state index contributed by atoms with van der Waals surface area (Å²) in [4.78, 5) is 2.37. The second-order valence-corrected chi connectivity index (χ2v) is 6.75. The Hall–Kier alpha value is -1.90. The summed E-state index contributed by atoms with van der Waals surface area (Å²) in [5.74, 6) is 0. The minimum Gasteiger partial charge on any atom is -0.396 e. The quantitative estimate of drug-likeness (QED) is 0.335. The Morgan fingerprint density at radius 2 is 1.65 bits per heavy atom. The van der Waals surface area contributed by atoms with E-state index in [9.17, 15) is 0 Å². The molecular formula is C24H37NO. The molecule has 0 rings (SSSR count). The van der Waals surface area contributed by atoms with E-state index in [1.165, 1.54) is 11.1 Å². The van der Waals surface area contributed by atoms with E-state index in [-0.39, 0.29) is 6.61 Å². The first kappa shape index (κ1) is 24.1. The summed E-state index contributed by atoms with van der Waals surface area (Å²) < 4.78 is 0. The number of hydrogen-bond acceptors (Lipinski definition) is 2. The topological polar surface area (TPSA) is 23.5 Å². The van der Waals surface area contributed by atoms with Crippen LogP contribution in [-0.4, -0.2) is 36.2 Å². The molecule has 0 amide bonds. The Morgan fingerprint density at radius 1 is 0.962 bits per heavy atom. The van der Waals surface area contributed by atoms with E-state index in [1.807, 2.05) is 26.8 Å². The van der Waals surface area contributed by atoms with Crippen LogP contribution in [0.5, 0.6) is 0 Å². The summed E-state index contributed by atoms with van der Waals surface area (Å²) in [5.41, 5.74) is 5.71. The van der Waals surface area contributed by atoms with Crippen LogP contribution in [0.25, 0.3) is 0 Å². The van der Waals surface area contributed by atoms with Gasteiger partial charge >= 0.3 is 0 Å². The van der Waals surface area contributed by atoms with Gasteiger partial charge in [-0.15, -0.1) is 0 Å². The Morgan fingerprint density at radius 3 is 2.19 bits per heavy atom. The van der Waals surface area contributed by atoms with Crippen molar-refractivity contribution in [1.82, 2.24) is 4.90 Å². The predicted molar refractivity (Wildman–Crippen MR) is 117 cm³/mol. The fourth-order valence-corrected chi connectivity index (χ4v) is 2.22. The van der Waals surface area contributed by atoms with Crippen LogP contribution < -0.4 is 0 Å². The number of aliphatic hydroxyl groups is 1. The van der Waals surface area contributed by atoms with Crippen molar-refractivity contribution in [1.29, 1.82) is 0 Å². The molecule has 0 fully saturated rings. The van der Waals surface area contributed by atoms with Gasteiger partial charge in [0.1, 0.15) is 0 Å². The van der Waals surface area contributed by atoms with Crippen LogP contribution in [0.2, 0.25) is 0 Å². The van der Waals surface area contributed by atoms with Gasteiger partial charge in [0.25, 0.3) is 0 Å². The molecule has 0 bridgehead atoms. The standard InChI is InChI=1S/C24H37NO/c1-8-21(5)12-13-23(7)18-25(16-10-11-17-26)19-24(20(3)4)15-14-22(6)9-2/h8-9,12-15,26H,2-3,7,10-11,16-19H2,1,4-6H3/b13-12-,21-8-,22-14+,24-15-. The molecule has 0 aromatic carbocycles. The molecular weight excluding hydrogens is 318 g/mol. The average Bonchev–Trinajstić information content (AvgIpc) is 2.62. The first-order valence-electron chi connectivity index (χ1n) is 9.31. The van der Waals surface area contributed by atoms with Crippen LogP contribution in [0.4, 0.5) is 0 Å². The van der Waals surface area contributed by atoms with E-state index < -0.39 is 0 Å². The van der Waals surface area contributed by atoms with Gasteiger partial charge in [0, 0.05) is 19.7 Å². The summed E-state index contributed by atoms with van der Waals surface area (Å²) in [6.45, 7) is 23.1. The minimum atomic E-state index is 0.236. The highest BCUT2D eigenvalue weighted by Crippen LogP contribution is 2.13. The second-order valence-electron chi connectivity index (χ2n) is 6.75. The average molecular weight is 356 g/mol. The maximum absolute atomic E-state index is 9.08. The summed E-state index contributed by atoms with van der Waals surface area (Å²) in [7, 11) is 0. The molecule has 0 radical (unpaired) electrons. The number of rotatable bonds is 13. The van der Waals surface area contributed by atoms with Crippen LogP contribution in [0.15, 0.2) is 84.1 Å². The van der Waals surface area contributed by atoms with Gasteiger partial charge in [-0.3, -0.25) is 4.90 Å². The van der Waals surface area contributed by atoms with Gasteiger partial charge in [-0.2, -0.15) is 0 Å². The van der Waals surface area contributed by atoms with Crippen LogP contribution in [0, 0.1) is 0 Å². The van der Waals surface area contributed by atoms with Crippen molar-refractivity contribution >= 4 is 0 Å². The molecule has 2 nitrogen and oxygen atoms in total. The van der Waals surface area contributed by atoms with Gasteiger partial charge < -0.3 is 5.11 Å². The molecule has 0 heterocycles. The summed E-state index contributed by atoms with van der Waals surface area (Å²) in [6, 6.07) is 0. The third kappa shape index (κ3) is 11.6. The van der Waals surface area contributed by atoms with E-state index in [2.05, 4.69) is 61.9 Å². The molecule has 0 aromatic heterocycles. The highest BCUT2D eigenvalue weighted by molar-refractivity contribution is 5.34. The van der Waals surface area contributed by atoms with Crippen molar-refractivity contribution < 1.29 is 5.11 Å². The summed E-state index contributed by atoms with van der Waals surface area (Å²) in [6.07, 6.45) is 14.1. The van der Waals surface area contributed by atoms with Crippen molar-refractivity contribution in [3.63, 3.8) is 0 Å². The van der Waals surface area contributed by atoms with Gasteiger partial charge in [0.05, 0.1) is 0 Å². The van der Waals surface area contributed by atoms with Crippen molar-refractivity contribution in [3.05, 3.63) is 84.1 Å². The largest absolute Gasteiger partial charge is 0.396 e. The minimum absolute atomic E-state index is 0.236. The number of hydrogen-bond donors (Lipinski definition) is 1. The van der Waals surface area contributed by atoms with Crippen LogP contribution in [0.1, 0.15) is 40.5 Å². The number of aliphatic hydroxyl groups excluding tert-OH is 1. The molecule has 0 saturated heterocycles. The maximum Gasteiger partial charge on any atom is 0.0431 e. The first-order chi connectivity index (χ1) is 12.3. The Labute approximate surface area is 161 Å². The van der Waals surface area contributed by atoms with Crippen molar-refractivity contribution in [2.24, 2.45) is 0 Å². The molecule has 0 atom stereocenters. The normalized spacial score (nSPS) is 13.5. The van der Waals surface area contributed by atoms with Crippen molar-refractivity contribution in [2.75, 3.05) is 26.2 Å². The van der Waals surface area contributed by atoms with Gasteiger partial charge in [-0.25, -0.2) is 0 Å². The highest BCUT2D eigenvalue weighted by atomic mass is 16.2. The lowest BCUT2D eigenvalue weighted by Crippen LogP contribution is -2.29. The smallest absolute Gasteiger partial charge is 0.0431 e. The Kier molecular flexibility index (Phi) is 13.2. The zero-order valence-corrected chi connectivity index (χ0v) is 17.2. The molecule has 26 heavy (non-hydrogen) atoms. The molecule has 0 aromatic rings. The van der Waals surface area contributed by atoms with E-state index in [0.29, 0.717) is 0 Å². The SMILES string of the molecule is C=C/C(C)=C/C=C(/CN(CCCCO)CC(=C)/C=C\C(C)=C/C)C(=C)C. The zero-order chi connectivity index (χ0) is 19.9. The van der Waals surface area contributed by atoms with Gasteiger partial charge in [0.2, 0.25) is 0 Å². The Bertz CT molecular complexity index is 587. The lowest BCUT2D eigenvalue weighted by atomic mass is 10.1. The summed E-state index contributed by atoms with van der Waals surface area (Å²) >= 11 is 0. The van der Waals surface area contributed by atoms with Gasteiger partial charge in [-0.05, 0) is 58.2 Å². The molecule has 0 saturated carbocycles. The molecule has 1 N–H and O–H groups in total. The molecule has 2 heteroatoms. The molecule has 0 spiro atoms. The van der Waals surface area contributed by atoms with Crippen LogP contribution in [-0.2, 0) is 0 Å². The summed E-state index contributed by atoms with van der Waals surface area (Å²) in [5, 5.41) is 9.08. The number of nitrogens with zero attached hydrogens (tertiary/aromatic N) is 1. The maximum atomic E-state index is 9.08. The lowest BCUT2D eigenvalue weighted by Gasteiger charge is -2.24. The van der Waals surface area contributed by atoms with E-state index in [0.717, 1.165) is 49.2 Å². The fourth-order valence-electron chi connectivity index (χ4n) is 2.22. The molecule has 0 unspecified atom stereocenters. The second kappa shape index (κ2) is 14.3. The number of unbranched alkanes of at least 4 members (excludes halogenated alkanes) is 1. The van der Waals surface area contributed by atoms with Crippen molar-refractivity contribution in [3.8, 4) is 0 Å². The molecule has 144 valence electrons.